The van der Waals surface area contributed by atoms with Gasteiger partial charge in [-0.1, -0.05) is 11.6 Å². The number of nitrogens with zero attached hydrogens (tertiary/aromatic N) is 1. The highest BCUT2D eigenvalue weighted by molar-refractivity contribution is 9.10. The van der Waals surface area contributed by atoms with Crippen LogP contribution >= 0.6 is 38.9 Å². The van der Waals surface area contributed by atoms with Crippen LogP contribution in [0.2, 0.25) is 5.02 Å². The van der Waals surface area contributed by atoms with Gasteiger partial charge >= 0.3 is 0 Å². The number of aromatic nitrogens is 1. The van der Waals surface area contributed by atoms with Gasteiger partial charge < -0.3 is 5.32 Å². The predicted octanol–water partition coefficient (Wildman–Crippen LogP) is 4.36. The van der Waals surface area contributed by atoms with Crippen molar-refractivity contribution in [2.75, 3.05) is 0 Å². The highest BCUT2D eigenvalue weighted by atomic mass is 79.9. The molecule has 0 aliphatic carbocycles. The first kappa shape index (κ1) is 14.5. The van der Waals surface area contributed by atoms with Gasteiger partial charge in [0.25, 0.3) is 5.91 Å². The Kier molecular flexibility index (Phi) is 4.60. The Hall–Kier alpha value is -0.910. The van der Waals surface area contributed by atoms with Crippen LogP contribution in [0.4, 0.5) is 0 Å². The average molecular weight is 360 g/mol. The van der Waals surface area contributed by atoms with Crippen LogP contribution in [0, 0.1) is 6.92 Å². The van der Waals surface area contributed by atoms with E-state index in [1.807, 2.05) is 13.8 Å². The molecule has 1 unspecified atom stereocenters. The third-order valence-electron chi connectivity index (χ3n) is 2.53. The predicted molar refractivity (Wildman–Crippen MR) is 81.9 cm³/mol. The highest BCUT2D eigenvalue weighted by Crippen LogP contribution is 2.23. The SMILES string of the molecule is Cc1cnc(C(C)NC(=O)c2cc(Cl)ccc2Br)s1. The fourth-order valence-corrected chi connectivity index (χ4v) is 2.96. The van der Waals surface area contributed by atoms with E-state index in [-0.39, 0.29) is 11.9 Å². The molecule has 1 amide bonds. The molecule has 0 aliphatic rings. The Morgan fingerprint density at radius 3 is 2.89 bits per heavy atom. The Bertz CT molecular complexity index is 614. The number of halogens is 2. The summed E-state index contributed by atoms with van der Waals surface area (Å²) in [5, 5.41) is 4.34. The molecule has 3 nitrogen and oxygen atoms in total. The van der Waals surface area contributed by atoms with E-state index in [2.05, 4.69) is 26.2 Å². The Labute approximate surface area is 129 Å². The topological polar surface area (TPSA) is 42.0 Å². The molecule has 19 heavy (non-hydrogen) atoms. The molecule has 0 fully saturated rings. The number of nitrogens with one attached hydrogen (secondary N) is 1. The molecule has 1 N–H and O–H groups in total. The molecule has 1 aromatic carbocycles. The van der Waals surface area contributed by atoms with Gasteiger partial charge in [0.1, 0.15) is 5.01 Å². The second-order valence-electron chi connectivity index (χ2n) is 4.13. The lowest BCUT2D eigenvalue weighted by molar-refractivity contribution is 0.0939. The summed E-state index contributed by atoms with van der Waals surface area (Å²) in [7, 11) is 0. The van der Waals surface area contributed by atoms with E-state index < -0.39 is 0 Å². The normalized spacial score (nSPS) is 12.2. The van der Waals surface area contributed by atoms with Gasteiger partial charge in [-0.25, -0.2) is 4.98 Å². The standard InChI is InChI=1S/C13H12BrClN2OS/c1-7-6-16-13(19-7)8(2)17-12(18)10-5-9(15)3-4-11(10)14/h3-6,8H,1-2H3,(H,17,18). The third-order valence-corrected chi connectivity index (χ3v) is 4.55. The quantitative estimate of drug-likeness (QED) is 0.885. The maximum absolute atomic E-state index is 12.2. The minimum Gasteiger partial charge on any atom is -0.343 e. The first-order chi connectivity index (χ1) is 8.97. The molecule has 1 heterocycles. The molecule has 0 aliphatic heterocycles. The number of benzene rings is 1. The number of hydrogen-bond donors (Lipinski definition) is 1. The van der Waals surface area contributed by atoms with E-state index in [1.54, 1.807) is 35.7 Å². The zero-order chi connectivity index (χ0) is 14.0. The summed E-state index contributed by atoms with van der Waals surface area (Å²) in [6, 6.07) is 5.00. The second kappa shape index (κ2) is 6.03. The first-order valence-electron chi connectivity index (χ1n) is 5.65. The lowest BCUT2D eigenvalue weighted by Crippen LogP contribution is -2.26. The largest absolute Gasteiger partial charge is 0.343 e. The lowest BCUT2D eigenvalue weighted by Gasteiger charge is -2.12. The Morgan fingerprint density at radius 2 is 2.26 bits per heavy atom. The summed E-state index contributed by atoms with van der Waals surface area (Å²) >= 11 is 10.8. The van der Waals surface area contributed by atoms with Gasteiger partial charge in [0.05, 0.1) is 11.6 Å². The first-order valence-corrected chi connectivity index (χ1v) is 7.64. The summed E-state index contributed by atoms with van der Waals surface area (Å²) in [5.41, 5.74) is 0.521. The molecule has 0 radical (unpaired) electrons. The van der Waals surface area contributed by atoms with E-state index in [0.717, 1.165) is 14.4 Å². The second-order valence-corrected chi connectivity index (χ2v) is 6.69. The molecule has 0 spiro atoms. The van der Waals surface area contributed by atoms with Crippen molar-refractivity contribution in [3.63, 3.8) is 0 Å². The van der Waals surface area contributed by atoms with Gasteiger partial charge in [0.2, 0.25) is 0 Å². The van der Waals surface area contributed by atoms with Crippen molar-refractivity contribution in [1.82, 2.24) is 10.3 Å². The van der Waals surface area contributed by atoms with Crippen LogP contribution in [0.15, 0.2) is 28.9 Å². The van der Waals surface area contributed by atoms with Gasteiger partial charge in [0, 0.05) is 20.6 Å². The average Bonchev–Trinajstić information content (AvgIpc) is 2.79. The number of hydrogen-bond acceptors (Lipinski definition) is 3. The molecule has 2 aromatic rings. The van der Waals surface area contributed by atoms with Crippen LogP contribution in [0.3, 0.4) is 0 Å². The number of aryl methyl sites for hydroxylation is 1. The van der Waals surface area contributed by atoms with E-state index in [4.69, 9.17) is 11.6 Å². The van der Waals surface area contributed by atoms with Gasteiger partial charge in [0.15, 0.2) is 0 Å². The number of rotatable bonds is 3. The van der Waals surface area contributed by atoms with Crippen molar-refractivity contribution in [2.45, 2.75) is 19.9 Å². The Balaban J connectivity index is 2.15. The number of thiazole rings is 1. The van der Waals surface area contributed by atoms with Crippen molar-refractivity contribution < 1.29 is 4.79 Å². The summed E-state index contributed by atoms with van der Waals surface area (Å²) in [6.45, 7) is 3.90. The minimum atomic E-state index is -0.172. The van der Waals surface area contributed by atoms with Crippen LogP contribution in [-0.2, 0) is 0 Å². The minimum absolute atomic E-state index is 0.128. The van der Waals surface area contributed by atoms with Crippen LogP contribution in [0.1, 0.15) is 33.2 Å². The van der Waals surface area contributed by atoms with Gasteiger partial charge in [-0.05, 0) is 48.0 Å². The van der Waals surface area contributed by atoms with E-state index >= 15 is 0 Å². The fourth-order valence-electron chi connectivity index (χ4n) is 1.58. The fraction of sp³-hybridized carbons (Fsp3) is 0.231. The van der Waals surface area contributed by atoms with E-state index in [9.17, 15) is 4.79 Å². The van der Waals surface area contributed by atoms with Crippen molar-refractivity contribution >= 4 is 44.8 Å². The molecule has 0 bridgehead atoms. The maximum Gasteiger partial charge on any atom is 0.253 e. The summed E-state index contributed by atoms with van der Waals surface area (Å²) in [5.74, 6) is -0.172. The number of amides is 1. The molecule has 1 atom stereocenters. The molecule has 1 aromatic heterocycles. The van der Waals surface area contributed by atoms with E-state index in [1.165, 1.54) is 0 Å². The van der Waals surface area contributed by atoms with Crippen LogP contribution < -0.4 is 5.32 Å². The molecular weight excluding hydrogens is 348 g/mol. The van der Waals surface area contributed by atoms with Crippen molar-refractivity contribution in [3.05, 3.63) is 49.3 Å². The maximum atomic E-state index is 12.2. The summed E-state index contributed by atoms with van der Waals surface area (Å²) in [4.78, 5) is 17.6. The summed E-state index contributed by atoms with van der Waals surface area (Å²) < 4.78 is 0.719. The smallest absolute Gasteiger partial charge is 0.253 e. The summed E-state index contributed by atoms with van der Waals surface area (Å²) in [6.07, 6.45) is 1.80. The van der Waals surface area contributed by atoms with Crippen molar-refractivity contribution in [1.29, 1.82) is 0 Å². The third kappa shape index (κ3) is 3.55. The zero-order valence-electron chi connectivity index (χ0n) is 10.4. The van der Waals surface area contributed by atoms with Crippen molar-refractivity contribution in [2.24, 2.45) is 0 Å². The molecule has 100 valence electrons. The lowest BCUT2D eigenvalue weighted by atomic mass is 10.2. The number of carbonyl (C=O) groups is 1. The van der Waals surface area contributed by atoms with Gasteiger partial charge in [-0.15, -0.1) is 11.3 Å². The van der Waals surface area contributed by atoms with Gasteiger partial charge in [-0.2, -0.15) is 0 Å². The molecule has 2 rings (SSSR count). The van der Waals surface area contributed by atoms with Crippen LogP contribution in [0.5, 0.6) is 0 Å². The Morgan fingerprint density at radius 1 is 1.53 bits per heavy atom. The van der Waals surface area contributed by atoms with Crippen LogP contribution in [0.25, 0.3) is 0 Å². The van der Waals surface area contributed by atoms with E-state index in [0.29, 0.717) is 10.6 Å². The molecule has 0 saturated carbocycles. The van der Waals surface area contributed by atoms with Crippen LogP contribution in [-0.4, -0.2) is 10.9 Å². The molecule has 6 heteroatoms. The highest BCUT2D eigenvalue weighted by Gasteiger charge is 2.16. The van der Waals surface area contributed by atoms with Gasteiger partial charge in [-0.3, -0.25) is 4.79 Å². The monoisotopic (exact) mass is 358 g/mol. The zero-order valence-corrected chi connectivity index (χ0v) is 13.6. The number of carbonyl (C=O) groups excluding carboxylic acids is 1. The molecular formula is C13H12BrClN2OS. The molecule has 0 saturated heterocycles. The van der Waals surface area contributed by atoms with Crippen molar-refractivity contribution in [3.8, 4) is 0 Å².